The fourth-order valence-corrected chi connectivity index (χ4v) is 2.35. The van der Waals surface area contributed by atoms with Gasteiger partial charge in [-0.05, 0) is 33.2 Å². The Labute approximate surface area is 97.4 Å². The van der Waals surface area contributed by atoms with Gasteiger partial charge in [0, 0.05) is 19.6 Å². The molecule has 1 aliphatic rings. The van der Waals surface area contributed by atoms with Crippen LogP contribution >= 0.6 is 0 Å². The predicted molar refractivity (Wildman–Crippen MR) is 66.8 cm³/mol. The smallest absolute Gasteiger partial charge is 0.0827 e. The minimum atomic E-state index is 0.618. The van der Waals surface area contributed by atoms with Crippen LogP contribution in [0.5, 0.6) is 0 Å². The molecule has 4 nitrogen and oxygen atoms in total. The molecule has 0 bridgehead atoms. The molecule has 16 heavy (non-hydrogen) atoms. The molecule has 90 valence electrons. The predicted octanol–water partition coefficient (Wildman–Crippen LogP) is 1.59. The minimum absolute atomic E-state index is 0.618. The molecule has 0 aliphatic carbocycles. The molecule has 2 rings (SSSR count). The van der Waals surface area contributed by atoms with Gasteiger partial charge in [0.1, 0.15) is 0 Å². The van der Waals surface area contributed by atoms with Crippen molar-refractivity contribution in [3.8, 4) is 0 Å². The zero-order chi connectivity index (χ0) is 11.5. The first-order valence-electron chi connectivity index (χ1n) is 6.16. The second-order valence-corrected chi connectivity index (χ2v) is 4.70. The molecule has 0 spiro atoms. The van der Waals surface area contributed by atoms with Crippen LogP contribution < -0.4 is 10.6 Å². The van der Waals surface area contributed by atoms with Crippen molar-refractivity contribution in [3.63, 3.8) is 0 Å². The lowest BCUT2D eigenvalue weighted by Crippen LogP contribution is -2.39. The number of aromatic nitrogens is 2. The third-order valence-electron chi connectivity index (χ3n) is 3.45. The van der Waals surface area contributed by atoms with Crippen LogP contribution in [-0.2, 0) is 7.05 Å². The van der Waals surface area contributed by atoms with Crippen LogP contribution in [0.4, 0.5) is 5.69 Å². The fraction of sp³-hybridized carbons (Fsp3) is 0.750. The first kappa shape index (κ1) is 11.5. The first-order chi connectivity index (χ1) is 7.68. The second-order valence-electron chi connectivity index (χ2n) is 4.70. The number of rotatable bonds is 3. The van der Waals surface area contributed by atoms with Gasteiger partial charge in [0.05, 0.1) is 17.1 Å². The molecule has 2 N–H and O–H groups in total. The summed E-state index contributed by atoms with van der Waals surface area (Å²) in [5, 5.41) is 11.5. The largest absolute Gasteiger partial charge is 0.381 e. The van der Waals surface area contributed by atoms with E-state index in [2.05, 4.69) is 29.6 Å². The topological polar surface area (TPSA) is 41.9 Å². The summed E-state index contributed by atoms with van der Waals surface area (Å²) in [6, 6.07) is 0.618. The van der Waals surface area contributed by atoms with Crippen molar-refractivity contribution in [3.05, 3.63) is 11.4 Å². The fourth-order valence-electron chi connectivity index (χ4n) is 2.35. The van der Waals surface area contributed by atoms with E-state index in [1.807, 2.05) is 11.7 Å². The van der Waals surface area contributed by atoms with Crippen molar-refractivity contribution in [2.75, 3.05) is 18.4 Å². The molecule has 1 unspecified atom stereocenters. The van der Waals surface area contributed by atoms with Crippen LogP contribution in [0, 0.1) is 13.8 Å². The van der Waals surface area contributed by atoms with E-state index in [1.54, 1.807) is 0 Å². The van der Waals surface area contributed by atoms with Crippen LogP contribution in [0.1, 0.15) is 30.7 Å². The number of piperidine rings is 1. The van der Waals surface area contributed by atoms with Crippen LogP contribution in [0.15, 0.2) is 0 Å². The zero-order valence-electron chi connectivity index (χ0n) is 10.5. The molecule has 1 fully saturated rings. The van der Waals surface area contributed by atoms with Crippen molar-refractivity contribution in [1.29, 1.82) is 0 Å². The number of hydrogen-bond acceptors (Lipinski definition) is 3. The van der Waals surface area contributed by atoms with E-state index in [9.17, 15) is 0 Å². The molecule has 0 aromatic carbocycles. The molecular weight excluding hydrogens is 200 g/mol. The maximum Gasteiger partial charge on any atom is 0.0827 e. The lowest BCUT2D eigenvalue weighted by atomic mass is 10.1. The van der Waals surface area contributed by atoms with Gasteiger partial charge < -0.3 is 10.6 Å². The molecule has 0 radical (unpaired) electrons. The maximum absolute atomic E-state index is 4.41. The molecule has 2 heterocycles. The van der Waals surface area contributed by atoms with E-state index in [4.69, 9.17) is 0 Å². The molecule has 1 aromatic rings. The molecule has 1 saturated heterocycles. The van der Waals surface area contributed by atoms with Gasteiger partial charge in [-0.25, -0.2) is 0 Å². The third kappa shape index (κ3) is 2.38. The lowest BCUT2D eigenvalue weighted by molar-refractivity contribution is 0.414. The summed E-state index contributed by atoms with van der Waals surface area (Å²) in [6.45, 7) is 6.34. The van der Waals surface area contributed by atoms with E-state index in [1.165, 1.54) is 30.6 Å². The highest BCUT2D eigenvalue weighted by atomic mass is 15.3. The summed E-state index contributed by atoms with van der Waals surface area (Å²) in [5.74, 6) is 0. The average Bonchev–Trinajstić information content (AvgIpc) is 2.53. The summed E-state index contributed by atoms with van der Waals surface area (Å²) in [5.41, 5.74) is 3.51. The summed E-state index contributed by atoms with van der Waals surface area (Å²) in [7, 11) is 1.99. The van der Waals surface area contributed by atoms with Gasteiger partial charge >= 0.3 is 0 Å². The number of nitrogens with one attached hydrogen (secondary N) is 2. The highest BCUT2D eigenvalue weighted by Crippen LogP contribution is 2.18. The summed E-state index contributed by atoms with van der Waals surface area (Å²) >= 11 is 0. The van der Waals surface area contributed by atoms with Gasteiger partial charge in [0.2, 0.25) is 0 Å². The summed E-state index contributed by atoms with van der Waals surface area (Å²) < 4.78 is 1.94. The number of nitrogens with zero attached hydrogens (tertiary/aromatic N) is 2. The number of aryl methyl sites for hydroxylation is 2. The summed E-state index contributed by atoms with van der Waals surface area (Å²) in [4.78, 5) is 0. The molecule has 1 aliphatic heterocycles. The van der Waals surface area contributed by atoms with E-state index in [0.29, 0.717) is 6.04 Å². The van der Waals surface area contributed by atoms with Crippen LogP contribution in [0.25, 0.3) is 0 Å². The Balaban J connectivity index is 1.93. The van der Waals surface area contributed by atoms with E-state index < -0.39 is 0 Å². The van der Waals surface area contributed by atoms with Crippen LogP contribution in [0.3, 0.4) is 0 Å². The van der Waals surface area contributed by atoms with Crippen molar-refractivity contribution >= 4 is 5.69 Å². The Morgan fingerprint density at radius 2 is 2.25 bits per heavy atom. The van der Waals surface area contributed by atoms with Gasteiger partial charge in [-0.15, -0.1) is 0 Å². The highest BCUT2D eigenvalue weighted by Gasteiger charge is 2.14. The Morgan fingerprint density at radius 1 is 1.44 bits per heavy atom. The van der Waals surface area contributed by atoms with Gasteiger partial charge in [-0.3, -0.25) is 4.68 Å². The van der Waals surface area contributed by atoms with Crippen LogP contribution in [0.2, 0.25) is 0 Å². The minimum Gasteiger partial charge on any atom is -0.381 e. The zero-order valence-corrected chi connectivity index (χ0v) is 10.5. The van der Waals surface area contributed by atoms with E-state index in [0.717, 1.165) is 18.8 Å². The number of hydrogen-bond donors (Lipinski definition) is 2. The standard InChI is InChI=1S/C12H22N4/c1-9-12(10(2)16(3)15-9)14-8-11-6-4-5-7-13-11/h11,13-14H,4-8H2,1-3H3. The quantitative estimate of drug-likeness (QED) is 0.816. The van der Waals surface area contributed by atoms with Crippen LogP contribution in [-0.4, -0.2) is 28.9 Å². The molecular formula is C12H22N4. The van der Waals surface area contributed by atoms with E-state index >= 15 is 0 Å². The monoisotopic (exact) mass is 222 g/mol. The molecule has 4 heteroatoms. The molecule has 1 aromatic heterocycles. The highest BCUT2D eigenvalue weighted by molar-refractivity contribution is 5.52. The Hall–Kier alpha value is -1.03. The van der Waals surface area contributed by atoms with E-state index in [-0.39, 0.29) is 0 Å². The Kier molecular flexibility index (Phi) is 3.49. The van der Waals surface area contributed by atoms with Crippen molar-refractivity contribution < 1.29 is 0 Å². The molecule has 0 amide bonds. The second kappa shape index (κ2) is 4.87. The Morgan fingerprint density at radius 3 is 2.81 bits per heavy atom. The molecule has 0 saturated carbocycles. The third-order valence-corrected chi connectivity index (χ3v) is 3.45. The van der Waals surface area contributed by atoms with Crippen molar-refractivity contribution in [2.24, 2.45) is 7.05 Å². The van der Waals surface area contributed by atoms with Crippen molar-refractivity contribution in [2.45, 2.75) is 39.2 Å². The Bertz CT molecular complexity index is 350. The first-order valence-corrected chi connectivity index (χ1v) is 6.16. The average molecular weight is 222 g/mol. The number of anilines is 1. The normalized spacial score (nSPS) is 21.1. The van der Waals surface area contributed by atoms with Gasteiger partial charge in [-0.2, -0.15) is 5.10 Å². The maximum atomic E-state index is 4.41. The lowest BCUT2D eigenvalue weighted by Gasteiger charge is -2.24. The summed E-state index contributed by atoms with van der Waals surface area (Å²) in [6.07, 6.45) is 3.96. The SMILES string of the molecule is Cc1nn(C)c(C)c1NCC1CCCCN1. The van der Waals surface area contributed by atoms with Gasteiger partial charge in [0.25, 0.3) is 0 Å². The van der Waals surface area contributed by atoms with Crippen molar-refractivity contribution in [1.82, 2.24) is 15.1 Å². The van der Waals surface area contributed by atoms with Gasteiger partial charge in [0.15, 0.2) is 0 Å². The van der Waals surface area contributed by atoms with Gasteiger partial charge in [-0.1, -0.05) is 6.42 Å². The molecule has 1 atom stereocenters.